The van der Waals surface area contributed by atoms with Gasteiger partial charge in [0, 0.05) is 24.0 Å². The molecule has 1 aliphatic heterocycles. The normalized spacial score (nSPS) is 20.1. The fourth-order valence-electron chi connectivity index (χ4n) is 1.83. The lowest BCUT2D eigenvalue weighted by atomic mass is 10.2. The number of anilines is 1. The second-order valence-electron chi connectivity index (χ2n) is 3.95. The van der Waals surface area contributed by atoms with Crippen LogP contribution in [0.2, 0.25) is 0 Å². The summed E-state index contributed by atoms with van der Waals surface area (Å²) < 4.78 is 26.8. The average molecular weight is 416 g/mol. The van der Waals surface area contributed by atoms with Crippen molar-refractivity contribution in [2.45, 2.75) is 6.42 Å². The van der Waals surface area contributed by atoms with Crippen LogP contribution in [0.4, 0.5) is 14.5 Å². The van der Waals surface area contributed by atoms with Gasteiger partial charge < -0.3 is 4.90 Å². The fourth-order valence-corrected chi connectivity index (χ4v) is 2.58. The smallest absolute Gasteiger partial charge is 0.227 e. The molecule has 0 saturated carbocycles. The predicted octanol–water partition coefficient (Wildman–Crippen LogP) is 3.32. The van der Waals surface area contributed by atoms with Crippen LogP contribution >= 0.6 is 38.5 Å². The molecule has 2 nitrogen and oxygen atoms in total. The number of halogens is 4. The molecule has 17 heavy (non-hydrogen) atoms. The van der Waals surface area contributed by atoms with Crippen LogP contribution in [0.1, 0.15) is 6.42 Å². The van der Waals surface area contributed by atoms with Crippen molar-refractivity contribution in [3.8, 4) is 0 Å². The highest BCUT2D eigenvalue weighted by Gasteiger charge is 2.30. The molecule has 0 spiro atoms. The Balaban J connectivity index is 2.32. The van der Waals surface area contributed by atoms with Gasteiger partial charge in [-0.15, -0.1) is 0 Å². The lowest BCUT2D eigenvalue weighted by Crippen LogP contribution is -2.25. The van der Waals surface area contributed by atoms with Crippen molar-refractivity contribution in [1.82, 2.24) is 0 Å². The first kappa shape index (κ1) is 13.2. The number of benzene rings is 1. The van der Waals surface area contributed by atoms with Crippen LogP contribution < -0.4 is 4.90 Å². The summed E-state index contributed by atoms with van der Waals surface area (Å²) in [6.07, 6.45) is 0.417. The molecule has 2 rings (SSSR count). The van der Waals surface area contributed by atoms with Crippen LogP contribution in [0.3, 0.4) is 0 Å². The van der Waals surface area contributed by atoms with E-state index in [-0.39, 0.29) is 15.4 Å². The summed E-state index contributed by atoms with van der Waals surface area (Å²) in [5.74, 6) is -1.14. The summed E-state index contributed by atoms with van der Waals surface area (Å²) in [5.41, 5.74) is 0.300. The molecule has 0 aliphatic carbocycles. The molecule has 1 aromatic carbocycles. The van der Waals surface area contributed by atoms with E-state index in [1.807, 2.05) is 0 Å². The Morgan fingerprint density at radius 2 is 2.00 bits per heavy atom. The average Bonchev–Trinajstić information content (AvgIpc) is 2.67. The summed E-state index contributed by atoms with van der Waals surface area (Å²) in [7, 11) is 0. The summed E-state index contributed by atoms with van der Waals surface area (Å²) in [6.45, 7) is 0.504. The second-order valence-corrected chi connectivity index (χ2v) is 5.68. The van der Waals surface area contributed by atoms with Crippen LogP contribution in [-0.4, -0.2) is 17.8 Å². The van der Waals surface area contributed by atoms with Crippen LogP contribution in [0.5, 0.6) is 0 Å². The number of nitrogens with zero attached hydrogens (tertiary/aromatic N) is 1. The Bertz CT molecular complexity index is 446. The summed E-state index contributed by atoms with van der Waals surface area (Å²) in [5, 5.41) is 0.713. The predicted molar refractivity (Wildman–Crippen MR) is 73.3 cm³/mol. The minimum atomic E-state index is -0.629. The number of carbonyl (C=O) groups is 1. The molecule has 1 aromatic rings. The Labute approximate surface area is 120 Å². The van der Waals surface area contributed by atoms with E-state index in [2.05, 4.69) is 15.9 Å². The number of carbonyl (C=O) groups excluding carboxylic acids is 1. The monoisotopic (exact) mass is 415 g/mol. The quantitative estimate of drug-likeness (QED) is 0.412. The van der Waals surface area contributed by atoms with Crippen LogP contribution in [0.25, 0.3) is 0 Å². The zero-order chi connectivity index (χ0) is 12.6. The Hall–Kier alpha value is -0.240. The Morgan fingerprint density at radius 1 is 1.41 bits per heavy atom. The maximum Gasteiger partial charge on any atom is 0.227 e. The van der Waals surface area contributed by atoms with Crippen molar-refractivity contribution in [3.05, 3.63) is 27.3 Å². The first-order valence-electron chi connectivity index (χ1n) is 5.03. The Kier molecular flexibility index (Phi) is 4.02. The van der Waals surface area contributed by atoms with Crippen molar-refractivity contribution in [3.63, 3.8) is 0 Å². The van der Waals surface area contributed by atoms with Gasteiger partial charge in [0.2, 0.25) is 5.91 Å². The number of rotatable bonds is 2. The van der Waals surface area contributed by atoms with E-state index < -0.39 is 11.6 Å². The number of alkyl halides is 1. The minimum Gasteiger partial charge on any atom is -0.312 e. The van der Waals surface area contributed by atoms with Crippen molar-refractivity contribution < 1.29 is 13.6 Å². The van der Waals surface area contributed by atoms with E-state index in [0.29, 0.717) is 24.0 Å². The molecule has 1 heterocycles. The maximum absolute atomic E-state index is 13.4. The largest absolute Gasteiger partial charge is 0.312 e. The maximum atomic E-state index is 13.4. The first-order valence-corrected chi connectivity index (χ1v) is 7.23. The van der Waals surface area contributed by atoms with Gasteiger partial charge >= 0.3 is 0 Å². The van der Waals surface area contributed by atoms with Crippen LogP contribution in [0.15, 0.2) is 12.1 Å². The molecule has 1 unspecified atom stereocenters. The van der Waals surface area contributed by atoms with E-state index in [1.54, 1.807) is 22.6 Å². The molecule has 1 amide bonds. The number of amides is 1. The van der Waals surface area contributed by atoms with E-state index in [1.165, 1.54) is 17.0 Å². The highest BCUT2D eigenvalue weighted by Crippen LogP contribution is 2.29. The Morgan fingerprint density at radius 3 is 2.47 bits per heavy atom. The van der Waals surface area contributed by atoms with Crippen LogP contribution in [0, 0.1) is 21.1 Å². The molecule has 0 radical (unpaired) electrons. The highest BCUT2D eigenvalue weighted by atomic mass is 127. The highest BCUT2D eigenvalue weighted by molar-refractivity contribution is 14.1. The second kappa shape index (κ2) is 5.17. The van der Waals surface area contributed by atoms with E-state index in [0.717, 1.165) is 0 Å². The third kappa shape index (κ3) is 2.62. The topological polar surface area (TPSA) is 20.3 Å². The van der Waals surface area contributed by atoms with Gasteiger partial charge in [0.25, 0.3) is 0 Å². The minimum absolute atomic E-state index is 0.0463. The molecule has 0 bridgehead atoms. The van der Waals surface area contributed by atoms with E-state index in [9.17, 15) is 13.6 Å². The summed E-state index contributed by atoms with van der Waals surface area (Å²) >= 11 is 4.92. The molecule has 0 N–H and O–H groups in total. The van der Waals surface area contributed by atoms with Gasteiger partial charge in [-0.05, 0) is 40.6 Å². The molecular formula is C11H9BrF2INO. The summed E-state index contributed by atoms with van der Waals surface area (Å²) in [6, 6.07) is 2.42. The van der Waals surface area contributed by atoms with Gasteiger partial charge in [-0.1, -0.05) is 15.9 Å². The van der Waals surface area contributed by atoms with Crippen LogP contribution in [-0.2, 0) is 4.79 Å². The fraction of sp³-hybridized carbons (Fsp3) is 0.364. The SMILES string of the molecule is O=C1CC(CBr)CN1c1cc(F)c(I)c(F)c1. The lowest BCUT2D eigenvalue weighted by Gasteiger charge is -2.17. The van der Waals surface area contributed by atoms with Crippen molar-refractivity contribution in [1.29, 1.82) is 0 Å². The number of hydrogen-bond donors (Lipinski definition) is 0. The third-order valence-electron chi connectivity index (χ3n) is 2.70. The zero-order valence-corrected chi connectivity index (χ0v) is 12.5. The molecule has 0 aromatic heterocycles. The molecule has 1 saturated heterocycles. The van der Waals surface area contributed by atoms with Crippen molar-refractivity contribution in [2.24, 2.45) is 5.92 Å². The van der Waals surface area contributed by atoms with Gasteiger partial charge in [0.05, 0.1) is 3.57 Å². The molecule has 1 fully saturated rings. The molecule has 1 atom stereocenters. The zero-order valence-electron chi connectivity index (χ0n) is 8.72. The number of hydrogen-bond acceptors (Lipinski definition) is 1. The first-order chi connectivity index (χ1) is 8.02. The van der Waals surface area contributed by atoms with E-state index in [4.69, 9.17) is 0 Å². The molecule has 1 aliphatic rings. The third-order valence-corrected chi connectivity index (χ3v) is 4.65. The van der Waals surface area contributed by atoms with Gasteiger partial charge in [-0.25, -0.2) is 8.78 Å². The molecular weight excluding hydrogens is 407 g/mol. The van der Waals surface area contributed by atoms with Gasteiger partial charge in [-0.2, -0.15) is 0 Å². The molecule has 6 heteroatoms. The summed E-state index contributed by atoms with van der Waals surface area (Å²) in [4.78, 5) is 13.1. The van der Waals surface area contributed by atoms with Gasteiger partial charge in [0.1, 0.15) is 11.6 Å². The van der Waals surface area contributed by atoms with Crippen molar-refractivity contribution >= 4 is 50.1 Å². The van der Waals surface area contributed by atoms with E-state index >= 15 is 0 Å². The van der Waals surface area contributed by atoms with Gasteiger partial charge in [0.15, 0.2) is 0 Å². The lowest BCUT2D eigenvalue weighted by molar-refractivity contribution is -0.117. The van der Waals surface area contributed by atoms with Crippen molar-refractivity contribution in [2.75, 3.05) is 16.8 Å². The van der Waals surface area contributed by atoms with Gasteiger partial charge in [-0.3, -0.25) is 4.79 Å². The molecule has 92 valence electrons. The standard InChI is InChI=1S/C11H9BrF2INO/c12-4-6-1-10(17)16(5-6)7-2-8(13)11(15)9(14)3-7/h2-3,6H,1,4-5H2.